The first-order valence-corrected chi connectivity index (χ1v) is 9.48. The van der Waals surface area contributed by atoms with Gasteiger partial charge in [0, 0.05) is 32.1 Å². The molecule has 0 aromatic heterocycles. The van der Waals surface area contributed by atoms with Crippen LogP contribution in [0.3, 0.4) is 0 Å². The van der Waals surface area contributed by atoms with Crippen molar-refractivity contribution in [1.82, 2.24) is 9.80 Å². The second-order valence-electron chi connectivity index (χ2n) is 7.37. The van der Waals surface area contributed by atoms with Crippen LogP contribution in [0.1, 0.15) is 23.5 Å². The molecule has 2 amide bonds. The number of carbonyl (C=O) groups is 2. The molecule has 1 aliphatic carbocycles. The minimum Gasteiger partial charge on any atom is -0.339 e. The average Bonchev–Trinajstić information content (AvgIpc) is 3.51. The zero-order valence-electron chi connectivity index (χ0n) is 15.2. The summed E-state index contributed by atoms with van der Waals surface area (Å²) in [5.74, 6) is 0.384. The fraction of sp³-hybridized carbons (Fsp3) is 0.364. The van der Waals surface area contributed by atoms with Crippen LogP contribution in [-0.4, -0.2) is 47.8 Å². The summed E-state index contributed by atoms with van der Waals surface area (Å²) in [5.41, 5.74) is 2.05. The van der Waals surface area contributed by atoms with E-state index in [1.165, 1.54) is 17.7 Å². The maximum Gasteiger partial charge on any atom is 0.227 e. The van der Waals surface area contributed by atoms with Crippen LogP contribution in [0.5, 0.6) is 0 Å². The van der Waals surface area contributed by atoms with Crippen LogP contribution in [0.25, 0.3) is 0 Å². The van der Waals surface area contributed by atoms with Gasteiger partial charge in [0.05, 0.1) is 6.42 Å². The van der Waals surface area contributed by atoms with Gasteiger partial charge < -0.3 is 9.80 Å². The van der Waals surface area contributed by atoms with Crippen molar-refractivity contribution in [2.75, 3.05) is 26.2 Å². The number of amides is 2. The summed E-state index contributed by atoms with van der Waals surface area (Å²) in [6.07, 6.45) is 1.19. The van der Waals surface area contributed by atoms with E-state index in [9.17, 15) is 14.0 Å². The quantitative estimate of drug-likeness (QED) is 0.835. The topological polar surface area (TPSA) is 40.6 Å². The Hall–Kier alpha value is -2.69. The highest BCUT2D eigenvalue weighted by Gasteiger charge is 2.46. The summed E-state index contributed by atoms with van der Waals surface area (Å²) >= 11 is 0. The lowest BCUT2D eigenvalue weighted by atomic mass is 10.1. The van der Waals surface area contributed by atoms with E-state index in [0.29, 0.717) is 32.1 Å². The smallest absolute Gasteiger partial charge is 0.227 e. The summed E-state index contributed by atoms with van der Waals surface area (Å²) < 4.78 is 13.0. The summed E-state index contributed by atoms with van der Waals surface area (Å²) in [5, 5.41) is 0. The number of hydrogen-bond donors (Lipinski definition) is 0. The second-order valence-corrected chi connectivity index (χ2v) is 7.37. The van der Waals surface area contributed by atoms with Gasteiger partial charge in [-0.1, -0.05) is 42.5 Å². The van der Waals surface area contributed by atoms with Gasteiger partial charge in [0.25, 0.3) is 0 Å². The van der Waals surface area contributed by atoms with Crippen molar-refractivity contribution in [3.8, 4) is 0 Å². The standard InChI is InChI=1S/C22H23FN2O2/c23-18-8-6-16(7-9-18)14-21(26)24-10-12-25(13-11-24)22(27)20-15-19(20)17-4-2-1-3-5-17/h1-9,19-20H,10-15H2. The van der Waals surface area contributed by atoms with Crippen LogP contribution in [0.15, 0.2) is 54.6 Å². The lowest BCUT2D eigenvalue weighted by molar-refractivity contribution is -0.140. The average molecular weight is 366 g/mol. The van der Waals surface area contributed by atoms with Crippen LogP contribution in [0, 0.1) is 11.7 Å². The zero-order chi connectivity index (χ0) is 18.8. The van der Waals surface area contributed by atoms with Gasteiger partial charge in [-0.3, -0.25) is 9.59 Å². The largest absolute Gasteiger partial charge is 0.339 e. The van der Waals surface area contributed by atoms with Gasteiger partial charge in [0.15, 0.2) is 0 Å². The molecule has 0 spiro atoms. The molecule has 2 unspecified atom stereocenters. The molecule has 27 heavy (non-hydrogen) atoms. The van der Waals surface area contributed by atoms with Crippen molar-refractivity contribution < 1.29 is 14.0 Å². The molecule has 2 atom stereocenters. The lowest BCUT2D eigenvalue weighted by Crippen LogP contribution is -2.51. The van der Waals surface area contributed by atoms with Gasteiger partial charge in [0.1, 0.15) is 5.82 Å². The number of nitrogens with zero attached hydrogens (tertiary/aromatic N) is 2. The molecule has 5 heteroatoms. The minimum atomic E-state index is -0.299. The van der Waals surface area contributed by atoms with E-state index in [4.69, 9.17) is 0 Å². The van der Waals surface area contributed by atoms with Gasteiger partial charge >= 0.3 is 0 Å². The van der Waals surface area contributed by atoms with Crippen molar-refractivity contribution in [2.24, 2.45) is 5.92 Å². The molecule has 140 valence electrons. The summed E-state index contributed by atoms with van der Waals surface area (Å²) in [7, 11) is 0. The fourth-order valence-corrected chi connectivity index (χ4v) is 3.84. The molecule has 1 saturated carbocycles. The van der Waals surface area contributed by atoms with Crippen molar-refractivity contribution in [2.45, 2.75) is 18.8 Å². The van der Waals surface area contributed by atoms with E-state index < -0.39 is 0 Å². The van der Waals surface area contributed by atoms with Gasteiger partial charge in [-0.15, -0.1) is 0 Å². The molecule has 4 nitrogen and oxygen atoms in total. The fourth-order valence-electron chi connectivity index (χ4n) is 3.84. The molecule has 2 aromatic carbocycles. The molecular weight excluding hydrogens is 343 g/mol. The van der Waals surface area contributed by atoms with Crippen LogP contribution in [-0.2, 0) is 16.0 Å². The van der Waals surface area contributed by atoms with Crippen molar-refractivity contribution in [1.29, 1.82) is 0 Å². The normalized spacial score (nSPS) is 21.8. The van der Waals surface area contributed by atoms with Crippen molar-refractivity contribution in [3.63, 3.8) is 0 Å². The molecular formula is C22H23FN2O2. The van der Waals surface area contributed by atoms with Crippen LogP contribution < -0.4 is 0 Å². The van der Waals surface area contributed by atoms with Gasteiger partial charge in [0.2, 0.25) is 11.8 Å². The summed E-state index contributed by atoms with van der Waals surface area (Å²) in [6, 6.07) is 16.2. The third-order valence-corrected chi connectivity index (χ3v) is 5.55. The molecule has 2 aromatic rings. The molecule has 1 heterocycles. The highest BCUT2D eigenvalue weighted by atomic mass is 19.1. The van der Waals surface area contributed by atoms with E-state index >= 15 is 0 Å². The predicted octanol–water partition coefficient (Wildman–Crippen LogP) is 2.84. The number of carbonyl (C=O) groups excluding carboxylic acids is 2. The predicted molar refractivity (Wildman–Crippen MR) is 101 cm³/mol. The second kappa shape index (κ2) is 7.51. The third-order valence-electron chi connectivity index (χ3n) is 5.55. The number of rotatable bonds is 4. The van der Waals surface area contributed by atoms with Crippen LogP contribution in [0.2, 0.25) is 0 Å². The molecule has 0 radical (unpaired) electrons. The molecule has 4 rings (SSSR count). The van der Waals surface area contributed by atoms with E-state index in [1.54, 1.807) is 17.0 Å². The highest BCUT2D eigenvalue weighted by Crippen LogP contribution is 2.48. The Morgan fingerprint density at radius 2 is 1.52 bits per heavy atom. The zero-order valence-corrected chi connectivity index (χ0v) is 15.2. The van der Waals surface area contributed by atoms with E-state index in [0.717, 1.165) is 12.0 Å². The van der Waals surface area contributed by atoms with Gasteiger partial charge in [-0.05, 0) is 35.6 Å². The number of halogens is 1. The van der Waals surface area contributed by atoms with E-state index in [1.807, 2.05) is 23.1 Å². The monoisotopic (exact) mass is 366 g/mol. The maximum atomic E-state index is 13.0. The van der Waals surface area contributed by atoms with Gasteiger partial charge in [-0.2, -0.15) is 0 Å². The Morgan fingerprint density at radius 1 is 0.889 bits per heavy atom. The Bertz CT molecular complexity index is 814. The SMILES string of the molecule is O=C(Cc1ccc(F)cc1)N1CCN(C(=O)C2CC2c2ccccc2)CC1. The molecule has 1 saturated heterocycles. The number of piperazine rings is 1. The van der Waals surface area contributed by atoms with Gasteiger partial charge in [-0.25, -0.2) is 4.39 Å². The molecule has 2 fully saturated rings. The number of benzene rings is 2. The maximum absolute atomic E-state index is 13.0. The highest BCUT2D eigenvalue weighted by molar-refractivity contribution is 5.84. The van der Waals surface area contributed by atoms with E-state index in [-0.39, 0.29) is 30.0 Å². The Labute approximate surface area is 158 Å². The summed E-state index contributed by atoms with van der Waals surface area (Å²) in [6.45, 7) is 2.31. The third kappa shape index (κ3) is 4.02. The molecule has 1 aliphatic heterocycles. The van der Waals surface area contributed by atoms with E-state index in [2.05, 4.69) is 12.1 Å². The Kier molecular flexibility index (Phi) is 4.92. The lowest BCUT2D eigenvalue weighted by Gasteiger charge is -2.35. The first kappa shape index (κ1) is 17.7. The molecule has 0 bridgehead atoms. The first-order chi connectivity index (χ1) is 13.1. The first-order valence-electron chi connectivity index (χ1n) is 9.48. The minimum absolute atomic E-state index is 0.0299. The van der Waals surface area contributed by atoms with Crippen LogP contribution in [0.4, 0.5) is 4.39 Å². The van der Waals surface area contributed by atoms with Crippen LogP contribution >= 0.6 is 0 Å². The molecule has 2 aliphatic rings. The van der Waals surface area contributed by atoms with Crippen molar-refractivity contribution in [3.05, 3.63) is 71.5 Å². The Morgan fingerprint density at radius 3 is 2.19 bits per heavy atom. The Balaban J connectivity index is 1.27. The summed E-state index contributed by atoms with van der Waals surface area (Å²) in [4.78, 5) is 28.9. The number of hydrogen-bond acceptors (Lipinski definition) is 2. The molecule has 0 N–H and O–H groups in total. The van der Waals surface area contributed by atoms with Crippen molar-refractivity contribution >= 4 is 11.8 Å².